The number of nitriles is 1. The van der Waals surface area contributed by atoms with Gasteiger partial charge < -0.3 is 9.73 Å². The van der Waals surface area contributed by atoms with E-state index in [1.54, 1.807) is 30.5 Å². The van der Waals surface area contributed by atoms with Gasteiger partial charge in [0.1, 0.15) is 11.8 Å². The van der Waals surface area contributed by atoms with Gasteiger partial charge in [-0.3, -0.25) is 4.79 Å². The van der Waals surface area contributed by atoms with Crippen molar-refractivity contribution in [2.75, 3.05) is 0 Å². The first-order valence-corrected chi connectivity index (χ1v) is 6.29. The SMILES string of the molecule is Cc1cnc(C(C)NC(=O)Cc2ccc(C#N)cc2)o1. The Morgan fingerprint density at radius 3 is 2.70 bits per heavy atom. The number of carbonyl (C=O) groups excluding carboxylic acids is 1. The third-order valence-electron chi connectivity index (χ3n) is 2.83. The van der Waals surface area contributed by atoms with E-state index < -0.39 is 0 Å². The predicted molar refractivity (Wildman–Crippen MR) is 72.7 cm³/mol. The molecule has 1 heterocycles. The van der Waals surface area contributed by atoms with Crippen LogP contribution in [0.3, 0.4) is 0 Å². The van der Waals surface area contributed by atoms with Crippen molar-refractivity contribution in [2.24, 2.45) is 0 Å². The lowest BCUT2D eigenvalue weighted by atomic mass is 10.1. The Bertz CT molecular complexity index is 638. The predicted octanol–water partition coefficient (Wildman–Crippen LogP) is 2.27. The number of aryl methyl sites for hydroxylation is 1. The summed E-state index contributed by atoms with van der Waals surface area (Å²) in [6.07, 6.45) is 1.88. The summed E-state index contributed by atoms with van der Waals surface area (Å²) in [7, 11) is 0. The van der Waals surface area contributed by atoms with Crippen LogP contribution in [0.1, 0.15) is 35.7 Å². The maximum absolute atomic E-state index is 11.9. The standard InChI is InChI=1S/C15H15N3O2/c1-10-9-17-15(20-10)11(2)18-14(19)7-12-3-5-13(8-16)6-4-12/h3-6,9,11H,7H2,1-2H3,(H,18,19). The van der Waals surface area contributed by atoms with Crippen molar-refractivity contribution >= 4 is 5.91 Å². The Morgan fingerprint density at radius 1 is 1.45 bits per heavy atom. The highest BCUT2D eigenvalue weighted by molar-refractivity contribution is 5.78. The molecule has 0 aliphatic heterocycles. The second-order valence-corrected chi connectivity index (χ2v) is 4.58. The lowest BCUT2D eigenvalue weighted by Gasteiger charge is -2.10. The average molecular weight is 269 g/mol. The van der Waals surface area contributed by atoms with Gasteiger partial charge in [-0.1, -0.05) is 12.1 Å². The highest BCUT2D eigenvalue weighted by Gasteiger charge is 2.14. The Balaban J connectivity index is 1.93. The van der Waals surface area contributed by atoms with E-state index in [1.807, 2.05) is 19.9 Å². The summed E-state index contributed by atoms with van der Waals surface area (Å²) in [5.74, 6) is 1.10. The Kier molecular flexibility index (Phi) is 4.16. The van der Waals surface area contributed by atoms with E-state index in [9.17, 15) is 4.79 Å². The third-order valence-corrected chi connectivity index (χ3v) is 2.83. The van der Waals surface area contributed by atoms with Crippen LogP contribution in [0, 0.1) is 18.3 Å². The largest absolute Gasteiger partial charge is 0.444 e. The van der Waals surface area contributed by atoms with Crippen molar-refractivity contribution in [3.63, 3.8) is 0 Å². The minimum absolute atomic E-state index is 0.113. The fourth-order valence-electron chi connectivity index (χ4n) is 1.81. The van der Waals surface area contributed by atoms with Gasteiger partial charge in [-0.2, -0.15) is 5.26 Å². The van der Waals surface area contributed by atoms with Gasteiger partial charge in [-0.15, -0.1) is 0 Å². The first-order chi connectivity index (χ1) is 9.58. The molecule has 0 aliphatic rings. The summed E-state index contributed by atoms with van der Waals surface area (Å²) in [6.45, 7) is 3.63. The van der Waals surface area contributed by atoms with Gasteiger partial charge >= 0.3 is 0 Å². The lowest BCUT2D eigenvalue weighted by molar-refractivity contribution is -0.121. The second-order valence-electron chi connectivity index (χ2n) is 4.58. The summed E-state index contributed by atoms with van der Waals surface area (Å²) < 4.78 is 5.36. The van der Waals surface area contributed by atoms with E-state index in [1.165, 1.54) is 0 Å². The van der Waals surface area contributed by atoms with E-state index in [2.05, 4.69) is 10.3 Å². The maximum Gasteiger partial charge on any atom is 0.225 e. The van der Waals surface area contributed by atoms with Crippen molar-refractivity contribution in [1.29, 1.82) is 5.26 Å². The number of benzene rings is 1. The molecule has 1 atom stereocenters. The molecular formula is C15H15N3O2. The van der Waals surface area contributed by atoms with Crippen molar-refractivity contribution in [2.45, 2.75) is 26.3 Å². The van der Waals surface area contributed by atoms with Gasteiger partial charge in [0.2, 0.25) is 11.8 Å². The van der Waals surface area contributed by atoms with E-state index in [4.69, 9.17) is 9.68 Å². The number of amides is 1. The molecule has 0 saturated carbocycles. The molecule has 0 bridgehead atoms. The molecule has 1 aromatic heterocycles. The normalized spacial score (nSPS) is 11.7. The van der Waals surface area contributed by atoms with Gasteiger partial charge in [0.05, 0.1) is 24.3 Å². The van der Waals surface area contributed by atoms with Crippen LogP contribution in [-0.2, 0) is 11.2 Å². The molecule has 2 aromatic rings. The van der Waals surface area contributed by atoms with Crippen molar-refractivity contribution in [3.05, 3.63) is 53.2 Å². The fraction of sp³-hybridized carbons (Fsp3) is 0.267. The van der Waals surface area contributed by atoms with Gasteiger partial charge in [0, 0.05) is 0 Å². The maximum atomic E-state index is 11.9. The zero-order valence-corrected chi connectivity index (χ0v) is 11.4. The second kappa shape index (κ2) is 6.02. The molecule has 1 unspecified atom stereocenters. The van der Waals surface area contributed by atoms with Crippen LogP contribution < -0.4 is 5.32 Å². The Morgan fingerprint density at radius 2 is 2.15 bits per heavy atom. The fourth-order valence-corrected chi connectivity index (χ4v) is 1.81. The molecule has 0 radical (unpaired) electrons. The third kappa shape index (κ3) is 3.45. The van der Waals surface area contributed by atoms with Crippen LogP contribution in [0.4, 0.5) is 0 Å². The van der Waals surface area contributed by atoms with Crippen molar-refractivity contribution in [1.82, 2.24) is 10.3 Å². The number of aromatic nitrogens is 1. The molecule has 0 saturated heterocycles. The first-order valence-electron chi connectivity index (χ1n) is 6.29. The summed E-state index contributed by atoms with van der Waals surface area (Å²) in [5.41, 5.74) is 1.44. The molecule has 1 aromatic carbocycles. The average Bonchev–Trinajstić information content (AvgIpc) is 2.86. The topological polar surface area (TPSA) is 78.9 Å². The number of oxazole rings is 1. The van der Waals surface area contributed by atoms with E-state index in [0.29, 0.717) is 17.2 Å². The Labute approximate surface area is 117 Å². The lowest BCUT2D eigenvalue weighted by Crippen LogP contribution is -2.28. The van der Waals surface area contributed by atoms with Gasteiger partial charge in [-0.05, 0) is 31.5 Å². The summed E-state index contributed by atoms with van der Waals surface area (Å²) in [4.78, 5) is 16.0. The highest BCUT2D eigenvalue weighted by atomic mass is 16.4. The van der Waals surface area contributed by atoms with E-state index in [0.717, 1.165) is 5.56 Å². The van der Waals surface area contributed by atoms with Gasteiger partial charge in [-0.25, -0.2) is 4.98 Å². The molecular weight excluding hydrogens is 254 g/mol. The highest BCUT2D eigenvalue weighted by Crippen LogP contribution is 2.12. The van der Waals surface area contributed by atoms with Crippen molar-refractivity contribution < 1.29 is 9.21 Å². The molecule has 0 aliphatic carbocycles. The number of nitrogens with zero attached hydrogens (tertiary/aromatic N) is 2. The van der Waals surface area contributed by atoms with E-state index >= 15 is 0 Å². The molecule has 1 N–H and O–H groups in total. The van der Waals surface area contributed by atoms with Crippen LogP contribution in [0.25, 0.3) is 0 Å². The minimum atomic E-state index is -0.269. The monoisotopic (exact) mass is 269 g/mol. The molecule has 102 valence electrons. The number of hydrogen-bond donors (Lipinski definition) is 1. The summed E-state index contributed by atoms with van der Waals surface area (Å²) in [6, 6.07) is 8.72. The minimum Gasteiger partial charge on any atom is -0.444 e. The smallest absolute Gasteiger partial charge is 0.225 e. The van der Waals surface area contributed by atoms with Crippen molar-refractivity contribution in [3.8, 4) is 6.07 Å². The molecule has 0 spiro atoms. The molecule has 5 heteroatoms. The summed E-state index contributed by atoms with van der Waals surface area (Å²) >= 11 is 0. The molecule has 1 amide bonds. The summed E-state index contributed by atoms with van der Waals surface area (Å²) in [5, 5.41) is 11.5. The van der Waals surface area contributed by atoms with Crippen LogP contribution in [0.5, 0.6) is 0 Å². The zero-order chi connectivity index (χ0) is 14.5. The van der Waals surface area contributed by atoms with Gasteiger partial charge in [0.25, 0.3) is 0 Å². The van der Waals surface area contributed by atoms with Crippen LogP contribution in [-0.4, -0.2) is 10.9 Å². The zero-order valence-electron chi connectivity index (χ0n) is 11.4. The quantitative estimate of drug-likeness (QED) is 0.923. The van der Waals surface area contributed by atoms with Gasteiger partial charge in [0.15, 0.2) is 0 Å². The number of carbonyl (C=O) groups is 1. The Hall–Kier alpha value is -2.61. The number of nitrogens with one attached hydrogen (secondary N) is 1. The molecule has 20 heavy (non-hydrogen) atoms. The molecule has 5 nitrogen and oxygen atoms in total. The molecule has 0 fully saturated rings. The van der Waals surface area contributed by atoms with Crippen LogP contribution in [0.15, 0.2) is 34.9 Å². The van der Waals surface area contributed by atoms with E-state index in [-0.39, 0.29) is 18.4 Å². The van der Waals surface area contributed by atoms with Crippen LogP contribution >= 0.6 is 0 Å². The molecule has 2 rings (SSSR count). The first kappa shape index (κ1) is 13.8. The van der Waals surface area contributed by atoms with Crippen LogP contribution in [0.2, 0.25) is 0 Å². The number of hydrogen-bond acceptors (Lipinski definition) is 4. The number of rotatable bonds is 4.